The van der Waals surface area contributed by atoms with E-state index in [2.05, 4.69) is 5.32 Å². The number of methoxy groups -OCH3 is 1. The van der Waals surface area contributed by atoms with E-state index in [-0.39, 0.29) is 5.91 Å². The van der Waals surface area contributed by atoms with Gasteiger partial charge < -0.3 is 14.8 Å². The fourth-order valence-corrected chi connectivity index (χ4v) is 2.88. The van der Waals surface area contributed by atoms with E-state index in [1.165, 1.54) is 7.11 Å². The van der Waals surface area contributed by atoms with Gasteiger partial charge in [-0.2, -0.15) is 0 Å². The summed E-state index contributed by atoms with van der Waals surface area (Å²) in [7, 11) is 1.33. The Balaban J connectivity index is 1.78. The summed E-state index contributed by atoms with van der Waals surface area (Å²) in [6, 6.07) is 18.7. The van der Waals surface area contributed by atoms with Gasteiger partial charge in [-0.3, -0.25) is 4.79 Å². The van der Waals surface area contributed by atoms with Crippen LogP contribution in [0, 0.1) is 6.92 Å². The molecule has 0 aromatic heterocycles. The molecule has 0 aliphatic rings. The summed E-state index contributed by atoms with van der Waals surface area (Å²) in [5.41, 5.74) is 1.62. The van der Waals surface area contributed by atoms with E-state index in [4.69, 9.17) is 9.47 Å². The van der Waals surface area contributed by atoms with Crippen LogP contribution in [0.25, 0.3) is 10.8 Å². The average Bonchev–Trinajstić information content (AvgIpc) is 2.69. The fourth-order valence-electron chi connectivity index (χ4n) is 2.88. The first kappa shape index (κ1) is 18.5. The third-order valence-corrected chi connectivity index (χ3v) is 4.42. The SMILES string of the molecule is COC(=O)c1cccc(NC(=O)C(C)Oc2cccc3ccccc23)c1C. The predicted octanol–water partition coefficient (Wildman–Crippen LogP) is 4.34. The topological polar surface area (TPSA) is 64.6 Å². The van der Waals surface area contributed by atoms with Crippen molar-refractivity contribution < 1.29 is 19.1 Å². The molecule has 0 bridgehead atoms. The zero-order chi connectivity index (χ0) is 19.4. The maximum absolute atomic E-state index is 12.6. The molecule has 138 valence electrons. The molecule has 5 nitrogen and oxygen atoms in total. The maximum atomic E-state index is 12.6. The number of rotatable bonds is 5. The van der Waals surface area contributed by atoms with Gasteiger partial charge >= 0.3 is 5.97 Å². The lowest BCUT2D eigenvalue weighted by atomic mass is 10.1. The van der Waals surface area contributed by atoms with Gasteiger partial charge in [-0.1, -0.05) is 42.5 Å². The molecule has 5 heteroatoms. The fraction of sp³-hybridized carbons (Fsp3) is 0.182. The van der Waals surface area contributed by atoms with Gasteiger partial charge in [-0.15, -0.1) is 0 Å². The molecular formula is C22H21NO4. The molecular weight excluding hydrogens is 342 g/mol. The van der Waals surface area contributed by atoms with Crippen molar-refractivity contribution in [1.29, 1.82) is 0 Å². The van der Waals surface area contributed by atoms with Crippen LogP contribution >= 0.6 is 0 Å². The number of hydrogen-bond donors (Lipinski definition) is 1. The lowest BCUT2D eigenvalue weighted by molar-refractivity contribution is -0.122. The molecule has 0 spiro atoms. The van der Waals surface area contributed by atoms with E-state index in [0.717, 1.165) is 10.8 Å². The Morgan fingerprint density at radius 3 is 2.44 bits per heavy atom. The lowest BCUT2D eigenvalue weighted by Gasteiger charge is -2.17. The van der Waals surface area contributed by atoms with Crippen LogP contribution in [0.5, 0.6) is 5.75 Å². The second kappa shape index (κ2) is 7.91. The Kier molecular flexibility index (Phi) is 5.41. The number of esters is 1. The highest BCUT2D eigenvalue weighted by Gasteiger charge is 2.19. The standard InChI is InChI=1S/C22H21NO4/c1-14-17(22(25)26-3)11-7-12-19(14)23-21(24)15(2)27-20-13-6-9-16-8-4-5-10-18(16)20/h4-13,15H,1-3H3,(H,23,24). The summed E-state index contributed by atoms with van der Waals surface area (Å²) in [5.74, 6) is -0.0903. The number of benzene rings is 3. The highest BCUT2D eigenvalue weighted by molar-refractivity contribution is 5.98. The molecule has 0 aliphatic carbocycles. The number of nitrogens with one attached hydrogen (secondary N) is 1. The van der Waals surface area contributed by atoms with Gasteiger partial charge in [-0.25, -0.2) is 4.79 Å². The van der Waals surface area contributed by atoms with Crippen LogP contribution < -0.4 is 10.1 Å². The van der Waals surface area contributed by atoms with Gasteiger partial charge in [0.25, 0.3) is 5.91 Å². The van der Waals surface area contributed by atoms with E-state index in [9.17, 15) is 9.59 Å². The number of fused-ring (bicyclic) bond motifs is 1. The largest absolute Gasteiger partial charge is 0.480 e. The van der Waals surface area contributed by atoms with Crippen LogP contribution in [0.1, 0.15) is 22.8 Å². The van der Waals surface area contributed by atoms with Crippen molar-refractivity contribution in [2.45, 2.75) is 20.0 Å². The highest BCUT2D eigenvalue weighted by atomic mass is 16.5. The summed E-state index contributed by atoms with van der Waals surface area (Å²) in [6.45, 7) is 3.45. The van der Waals surface area contributed by atoms with E-state index >= 15 is 0 Å². The molecule has 1 N–H and O–H groups in total. The average molecular weight is 363 g/mol. The Morgan fingerprint density at radius 1 is 0.963 bits per heavy atom. The van der Waals surface area contributed by atoms with Crippen LogP contribution in [-0.4, -0.2) is 25.1 Å². The van der Waals surface area contributed by atoms with Gasteiger partial charge in [0, 0.05) is 11.1 Å². The van der Waals surface area contributed by atoms with Crippen LogP contribution in [0.15, 0.2) is 60.7 Å². The first-order valence-corrected chi connectivity index (χ1v) is 8.64. The molecule has 27 heavy (non-hydrogen) atoms. The molecule has 1 atom stereocenters. The van der Waals surface area contributed by atoms with E-state index in [1.54, 1.807) is 32.0 Å². The summed E-state index contributed by atoms with van der Waals surface area (Å²) in [6.07, 6.45) is -0.711. The van der Waals surface area contributed by atoms with E-state index < -0.39 is 12.1 Å². The van der Waals surface area contributed by atoms with Gasteiger partial charge in [-0.05, 0) is 43.0 Å². The second-order valence-electron chi connectivity index (χ2n) is 6.20. The van der Waals surface area contributed by atoms with Crippen LogP contribution in [-0.2, 0) is 9.53 Å². The minimum Gasteiger partial charge on any atom is -0.480 e. The van der Waals surface area contributed by atoms with Crippen molar-refractivity contribution in [2.75, 3.05) is 12.4 Å². The minimum atomic E-state index is -0.711. The van der Waals surface area contributed by atoms with Gasteiger partial charge in [0.15, 0.2) is 6.10 Å². The number of hydrogen-bond acceptors (Lipinski definition) is 4. The molecule has 3 aromatic carbocycles. The number of carbonyl (C=O) groups is 2. The molecule has 3 aromatic rings. The summed E-state index contributed by atoms with van der Waals surface area (Å²) >= 11 is 0. The number of carbonyl (C=O) groups excluding carboxylic acids is 2. The van der Waals surface area contributed by atoms with Crippen molar-refractivity contribution in [1.82, 2.24) is 0 Å². The Bertz CT molecular complexity index is 991. The zero-order valence-electron chi connectivity index (χ0n) is 15.5. The molecule has 0 heterocycles. The number of ether oxygens (including phenoxy) is 2. The maximum Gasteiger partial charge on any atom is 0.338 e. The number of anilines is 1. The molecule has 0 radical (unpaired) electrons. The molecule has 3 rings (SSSR count). The lowest BCUT2D eigenvalue weighted by Crippen LogP contribution is -2.30. The van der Waals surface area contributed by atoms with Crippen molar-refractivity contribution in [3.8, 4) is 5.75 Å². The molecule has 1 unspecified atom stereocenters. The van der Waals surface area contributed by atoms with Gasteiger partial charge in [0.05, 0.1) is 12.7 Å². The predicted molar refractivity (Wildman–Crippen MR) is 105 cm³/mol. The van der Waals surface area contributed by atoms with Crippen LogP contribution in [0.3, 0.4) is 0 Å². The third kappa shape index (κ3) is 3.92. The van der Waals surface area contributed by atoms with Crippen molar-refractivity contribution in [2.24, 2.45) is 0 Å². The normalized spacial score (nSPS) is 11.7. The Morgan fingerprint density at radius 2 is 1.67 bits per heavy atom. The number of amides is 1. The molecule has 0 fully saturated rings. The minimum absolute atomic E-state index is 0.298. The van der Waals surface area contributed by atoms with Crippen LogP contribution in [0.4, 0.5) is 5.69 Å². The zero-order valence-corrected chi connectivity index (χ0v) is 15.5. The van der Waals surface area contributed by atoms with Crippen molar-refractivity contribution in [3.63, 3.8) is 0 Å². The monoisotopic (exact) mass is 363 g/mol. The summed E-state index contributed by atoms with van der Waals surface area (Å²) in [4.78, 5) is 24.4. The van der Waals surface area contributed by atoms with Crippen molar-refractivity contribution in [3.05, 3.63) is 71.8 Å². The molecule has 0 aliphatic heterocycles. The van der Waals surface area contributed by atoms with Gasteiger partial charge in [0.2, 0.25) is 0 Å². The van der Waals surface area contributed by atoms with Crippen molar-refractivity contribution >= 4 is 28.3 Å². The van der Waals surface area contributed by atoms with E-state index in [0.29, 0.717) is 22.6 Å². The highest BCUT2D eigenvalue weighted by Crippen LogP contribution is 2.26. The third-order valence-electron chi connectivity index (χ3n) is 4.42. The van der Waals surface area contributed by atoms with E-state index in [1.807, 2.05) is 42.5 Å². The Hall–Kier alpha value is -3.34. The quantitative estimate of drug-likeness (QED) is 0.685. The summed E-state index contributed by atoms with van der Waals surface area (Å²) in [5, 5.41) is 4.82. The first-order valence-electron chi connectivity index (χ1n) is 8.64. The first-order chi connectivity index (χ1) is 13.0. The second-order valence-corrected chi connectivity index (χ2v) is 6.20. The van der Waals surface area contributed by atoms with Crippen LogP contribution in [0.2, 0.25) is 0 Å². The summed E-state index contributed by atoms with van der Waals surface area (Å²) < 4.78 is 10.7. The van der Waals surface area contributed by atoms with Gasteiger partial charge in [0.1, 0.15) is 5.75 Å². The molecule has 0 saturated heterocycles. The molecule has 0 saturated carbocycles. The Labute approximate surface area is 157 Å². The smallest absolute Gasteiger partial charge is 0.338 e. The molecule has 1 amide bonds.